The maximum Gasteiger partial charge on any atom is 0.0260 e. The molecule has 1 fully saturated rings. The number of hydrogen-bond acceptors (Lipinski definition) is 2. The number of fused-ring (bicyclic) bond motifs is 1. The fourth-order valence-electron chi connectivity index (χ4n) is 3.15. The number of benzene rings is 1. The Morgan fingerprint density at radius 3 is 2.61 bits per heavy atom. The van der Waals surface area contributed by atoms with Gasteiger partial charge in [0.25, 0.3) is 0 Å². The maximum atomic E-state index is 3.82. The summed E-state index contributed by atoms with van der Waals surface area (Å²) in [7, 11) is 0. The summed E-state index contributed by atoms with van der Waals surface area (Å²) < 4.78 is 0. The Bertz CT molecular complexity index is 357. The predicted octanol–water partition coefficient (Wildman–Crippen LogP) is 4.02. The number of rotatable bonds is 3. The Hall–Kier alpha value is -0.470. The molecule has 18 heavy (non-hydrogen) atoms. The van der Waals surface area contributed by atoms with Gasteiger partial charge in [-0.05, 0) is 30.9 Å². The molecule has 0 amide bonds. The van der Waals surface area contributed by atoms with Crippen molar-refractivity contribution in [1.29, 1.82) is 0 Å². The minimum absolute atomic E-state index is 0.755. The van der Waals surface area contributed by atoms with E-state index in [1.54, 1.807) is 5.56 Å². The third-order valence-corrected chi connectivity index (χ3v) is 5.52. The molecule has 1 heterocycles. The Balaban J connectivity index is 1.47. The molecule has 0 aromatic heterocycles. The van der Waals surface area contributed by atoms with Crippen molar-refractivity contribution in [3.63, 3.8) is 0 Å². The largest absolute Gasteiger partial charge is 0.313 e. The summed E-state index contributed by atoms with van der Waals surface area (Å²) in [5.74, 6) is 0. The molecule has 1 unspecified atom stereocenters. The summed E-state index contributed by atoms with van der Waals surface area (Å²) >= 11 is 2.07. The van der Waals surface area contributed by atoms with Crippen molar-refractivity contribution < 1.29 is 0 Å². The number of nitrogens with one attached hydrogen (secondary N) is 1. The minimum atomic E-state index is 0.755. The topological polar surface area (TPSA) is 12.0 Å². The van der Waals surface area contributed by atoms with Gasteiger partial charge in [-0.1, -0.05) is 43.9 Å². The van der Waals surface area contributed by atoms with Crippen molar-refractivity contribution in [2.45, 2.75) is 61.1 Å². The van der Waals surface area contributed by atoms with E-state index in [2.05, 4.69) is 41.3 Å². The fraction of sp³-hybridized carbons (Fsp3) is 0.625. The molecular formula is C16H23NS. The molecule has 2 aliphatic rings. The fourth-order valence-corrected chi connectivity index (χ4v) is 4.41. The molecule has 1 aliphatic heterocycles. The van der Waals surface area contributed by atoms with Crippen LogP contribution < -0.4 is 5.32 Å². The Labute approximate surface area is 115 Å². The van der Waals surface area contributed by atoms with Crippen molar-refractivity contribution in [2.75, 3.05) is 6.54 Å². The highest BCUT2D eigenvalue weighted by atomic mass is 32.2. The zero-order valence-electron chi connectivity index (χ0n) is 11.0. The molecule has 1 atom stereocenters. The van der Waals surface area contributed by atoms with Gasteiger partial charge >= 0.3 is 0 Å². The van der Waals surface area contributed by atoms with Gasteiger partial charge in [-0.15, -0.1) is 11.8 Å². The average molecular weight is 261 g/mol. The first-order chi connectivity index (χ1) is 8.92. The van der Waals surface area contributed by atoms with Gasteiger partial charge in [0.2, 0.25) is 0 Å². The van der Waals surface area contributed by atoms with E-state index in [1.807, 2.05) is 0 Å². The summed E-state index contributed by atoms with van der Waals surface area (Å²) in [6.45, 7) is 1.18. The molecule has 0 saturated heterocycles. The second-order valence-electron chi connectivity index (χ2n) is 5.65. The van der Waals surface area contributed by atoms with Gasteiger partial charge in [0.05, 0.1) is 0 Å². The van der Waals surface area contributed by atoms with Gasteiger partial charge in [-0.3, -0.25) is 0 Å². The van der Waals surface area contributed by atoms with Gasteiger partial charge < -0.3 is 5.32 Å². The van der Waals surface area contributed by atoms with Crippen molar-refractivity contribution in [2.24, 2.45) is 0 Å². The minimum Gasteiger partial charge on any atom is -0.313 e. The first-order valence-electron chi connectivity index (χ1n) is 7.40. The highest BCUT2D eigenvalue weighted by molar-refractivity contribution is 8.00. The van der Waals surface area contributed by atoms with E-state index in [9.17, 15) is 0 Å². The second-order valence-corrected chi connectivity index (χ2v) is 6.99. The first-order valence-corrected chi connectivity index (χ1v) is 8.28. The van der Waals surface area contributed by atoms with Crippen molar-refractivity contribution in [3.05, 3.63) is 29.8 Å². The van der Waals surface area contributed by atoms with Crippen LogP contribution in [-0.4, -0.2) is 17.8 Å². The van der Waals surface area contributed by atoms with E-state index < -0.39 is 0 Å². The van der Waals surface area contributed by atoms with E-state index in [-0.39, 0.29) is 0 Å². The lowest BCUT2D eigenvalue weighted by atomic mass is 10.1. The van der Waals surface area contributed by atoms with Crippen LogP contribution in [0.5, 0.6) is 0 Å². The molecule has 0 spiro atoms. The summed E-state index contributed by atoms with van der Waals surface area (Å²) in [6.07, 6.45) is 9.78. The lowest BCUT2D eigenvalue weighted by Crippen LogP contribution is -2.34. The van der Waals surface area contributed by atoms with E-state index in [0.29, 0.717) is 0 Å². The van der Waals surface area contributed by atoms with Crippen molar-refractivity contribution in [1.82, 2.24) is 5.32 Å². The Kier molecular flexibility index (Phi) is 4.27. The lowest BCUT2D eigenvalue weighted by Gasteiger charge is -2.18. The standard InChI is InChI=1S/C16H23NS/c1-2-4-9-14(8-3-1)17-12-15-11-13-7-5-6-10-16(13)18-15/h5-7,10,14-15,17H,1-4,8-9,11-12H2. The van der Waals surface area contributed by atoms with E-state index >= 15 is 0 Å². The average Bonchev–Trinajstić information content (AvgIpc) is 2.63. The monoisotopic (exact) mass is 261 g/mol. The van der Waals surface area contributed by atoms with Gasteiger partial charge in [0, 0.05) is 22.7 Å². The maximum absolute atomic E-state index is 3.82. The second kappa shape index (κ2) is 6.12. The molecule has 1 aromatic carbocycles. The summed E-state index contributed by atoms with van der Waals surface area (Å²) in [5, 5.41) is 4.57. The quantitative estimate of drug-likeness (QED) is 0.825. The molecule has 3 rings (SSSR count). The normalized spacial score (nSPS) is 24.8. The highest BCUT2D eigenvalue weighted by Gasteiger charge is 2.22. The number of hydrogen-bond donors (Lipinski definition) is 1. The Morgan fingerprint density at radius 2 is 1.83 bits per heavy atom. The molecule has 1 nitrogen and oxygen atoms in total. The molecule has 1 N–H and O–H groups in total. The van der Waals surface area contributed by atoms with Crippen LogP contribution >= 0.6 is 11.8 Å². The zero-order valence-corrected chi connectivity index (χ0v) is 11.8. The lowest BCUT2D eigenvalue weighted by molar-refractivity contribution is 0.460. The smallest absolute Gasteiger partial charge is 0.0260 e. The van der Waals surface area contributed by atoms with Crippen LogP contribution in [0.3, 0.4) is 0 Å². The van der Waals surface area contributed by atoms with E-state index in [1.165, 1.54) is 56.4 Å². The van der Waals surface area contributed by atoms with Crippen LogP contribution in [0.2, 0.25) is 0 Å². The van der Waals surface area contributed by atoms with E-state index in [0.717, 1.165) is 11.3 Å². The molecule has 98 valence electrons. The molecule has 1 saturated carbocycles. The van der Waals surface area contributed by atoms with Gasteiger partial charge in [-0.2, -0.15) is 0 Å². The van der Waals surface area contributed by atoms with Crippen molar-refractivity contribution in [3.8, 4) is 0 Å². The molecule has 1 aliphatic carbocycles. The molecule has 1 aromatic rings. The van der Waals surface area contributed by atoms with Gasteiger partial charge in [0.1, 0.15) is 0 Å². The van der Waals surface area contributed by atoms with Crippen LogP contribution in [0.1, 0.15) is 44.1 Å². The third kappa shape index (κ3) is 3.10. The SMILES string of the molecule is c1ccc2c(c1)CC(CNC1CCCCCC1)S2. The summed E-state index contributed by atoms with van der Waals surface area (Å²) in [4.78, 5) is 1.50. The summed E-state index contributed by atoms with van der Waals surface area (Å²) in [6, 6.07) is 9.67. The summed E-state index contributed by atoms with van der Waals surface area (Å²) in [5.41, 5.74) is 1.55. The number of thioether (sulfide) groups is 1. The molecule has 2 heteroatoms. The van der Waals surface area contributed by atoms with Crippen LogP contribution in [-0.2, 0) is 6.42 Å². The predicted molar refractivity (Wildman–Crippen MR) is 79.3 cm³/mol. The van der Waals surface area contributed by atoms with Crippen LogP contribution in [0.25, 0.3) is 0 Å². The van der Waals surface area contributed by atoms with Gasteiger partial charge in [-0.25, -0.2) is 0 Å². The zero-order chi connectivity index (χ0) is 12.2. The highest BCUT2D eigenvalue weighted by Crippen LogP contribution is 2.36. The Morgan fingerprint density at radius 1 is 1.06 bits per heavy atom. The molecule has 0 bridgehead atoms. The van der Waals surface area contributed by atoms with E-state index in [4.69, 9.17) is 0 Å². The first kappa shape index (κ1) is 12.6. The van der Waals surface area contributed by atoms with Crippen LogP contribution in [0, 0.1) is 0 Å². The molecular weight excluding hydrogens is 238 g/mol. The van der Waals surface area contributed by atoms with Crippen LogP contribution in [0.4, 0.5) is 0 Å². The third-order valence-electron chi connectivity index (χ3n) is 4.20. The van der Waals surface area contributed by atoms with Crippen LogP contribution in [0.15, 0.2) is 29.2 Å². The van der Waals surface area contributed by atoms with Crippen molar-refractivity contribution >= 4 is 11.8 Å². The molecule has 0 radical (unpaired) electrons. The van der Waals surface area contributed by atoms with Gasteiger partial charge in [0.15, 0.2) is 0 Å².